The predicted molar refractivity (Wildman–Crippen MR) is 74.6 cm³/mol. The van der Waals surface area contributed by atoms with Gasteiger partial charge in [-0.3, -0.25) is 0 Å². The van der Waals surface area contributed by atoms with Gasteiger partial charge in [-0.1, -0.05) is 0 Å². The van der Waals surface area contributed by atoms with Crippen molar-refractivity contribution in [1.82, 2.24) is 0 Å². The van der Waals surface area contributed by atoms with Crippen molar-refractivity contribution in [2.24, 2.45) is 5.92 Å². The van der Waals surface area contributed by atoms with Gasteiger partial charge in [0, 0.05) is 18.7 Å². The molecule has 1 saturated heterocycles. The standard InChI is InChI=1S/C15H20O7/c1-19-7-3-4-8-9(5-7)21-15-11(14(8)20-2)13(18)12(17)10(6-16)22-15/h3-5,10-18H,6H2,1-2H3/t10-,11+,12-,13-,14+,15+/m1/s1. The zero-order valence-electron chi connectivity index (χ0n) is 12.4. The molecule has 0 saturated carbocycles. The fraction of sp³-hybridized carbons (Fsp3) is 0.600. The molecule has 1 aromatic carbocycles. The van der Waals surface area contributed by atoms with Gasteiger partial charge in [0.25, 0.3) is 0 Å². The fourth-order valence-electron chi connectivity index (χ4n) is 3.13. The lowest BCUT2D eigenvalue weighted by molar-refractivity contribution is -0.285. The number of hydrogen-bond acceptors (Lipinski definition) is 7. The summed E-state index contributed by atoms with van der Waals surface area (Å²) in [5, 5.41) is 29.7. The van der Waals surface area contributed by atoms with Gasteiger partial charge >= 0.3 is 0 Å². The average Bonchev–Trinajstić information content (AvgIpc) is 2.55. The summed E-state index contributed by atoms with van der Waals surface area (Å²) in [7, 11) is 3.08. The van der Waals surface area contributed by atoms with E-state index in [1.807, 2.05) is 0 Å². The molecule has 6 atom stereocenters. The molecule has 22 heavy (non-hydrogen) atoms. The summed E-state index contributed by atoms with van der Waals surface area (Å²) >= 11 is 0. The Hall–Kier alpha value is -1.38. The number of ether oxygens (including phenoxy) is 4. The fourth-order valence-corrected chi connectivity index (χ4v) is 3.13. The molecule has 1 fully saturated rings. The lowest BCUT2D eigenvalue weighted by Gasteiger charge is -2.47. The number of methoxy groups -OCH3 is 2. The first-order chi connectivity index (χ1) is 10.6. The van der Waals surface area contributed by atoms with E-state index in [1.54, 1.807) is 25.3 Å². The summed E-state index contributed by atoms with van der Waals surface area (Å²) in [6, 6.07) is 5.29. The van der Waals surface area contributed by atoms with Crippen LogP contribution in [0.1, 0.15) is 11.7 Å². The lowest BCUT2D eigenvalue weighted by atomic mass is 9.82. The number of aliphatic hydroxyl groups excluding tert-OH is 3. The summed E-state index contributed by atoms with van der Waals surface area (Å²) in [4.78, 5) is 0. The van der Waals surface area contributed by atoms with Crippen LogP contribution in [0.25, 0.3) is 0 Å². The summed E-state index contributed by atoms with van der Waals surface area (Å²) in [5.41, 5.74) is 0.752. The van der Waals surface area contributed by atoms with E-state index in [2.05, 4.69) is 0 Å². The number of rotatable bonds is 3. The second kappa shape index (κ2) is 6.02. The molecule has 0 radical (unpaired) electrons. The SMILES string of the molecule is COc1ccc2c(c1)O[C@H]1O[C@H](CO)[C@@H](O)[C@H](O)[C@H]1[C@H]2OC. The molecule has 0 bridgehead atoms. The Kier molecular flexibility index (Phi) is 4.24. The number of aliphatic hydroxyl groups is 3. The molecule has 122 valence electrons. The topological polar surface area (TPSA) is 97.6 Å². The van der Waals surface area contributed by atoms with Gasteiger partial charge in [-0.05, 0) is 12.1 Å². The van der Waals surface area contributed by atoms with Crippen molar-refractivity contribution in [3.63, 3.8) is 0 Å². The number of fused-ring (bicyclic) bond motifs is 2. The van der Waals surface area contributed by atoms with Crippen LogP contribution in [0.4, 0.5) is 0 Å². The van der Waals surface area contributed by atoms with Crippen LogP contribution in [-0.2, 0) is 9.47 Å². The maximum absolute atomic E-state index is 10.4. The molecule has 7 heteroatoms. The molecule has 2 aliphatic heterocycles. The minimum absolute atomic E-state index is 0.409. The Morgan fingerprint density at radius 2 is 1.95 bits per heavy atom. The highest BCUT2D eigenvalue weighted by molar-refractivity contribution is 5.44. The molecule has 0 aromatic heterocycles. The van der Waals surface area contributed by atoms with E-state index in [1.165, 1.54) is 7.11 Å². The van der Waals surface area contributed by atoms with Crippen LogP contribution >= 0.6 is 0 Å². The van der Waals surface area contributed by atoms with Crippen molar-refractivity contribution in [3.05, 3.63) is 23.8 Å². The third-order valence-corrected chi connectivity index (χ3v) is 4.30. The van der Waals surface area contributed by atoms with Gasteiger partial charge in [0.2, 0.25) is 6.29 Å². The van der Waals surface area contributed by atoms with Gasteiger partial charge in [0.1, 0.15) is 23.7 Å². The maximum Gasteiger partial charge on any atom is 0.208 e. The van der Waals surface area contributed by atoms with E-state index in [0.717, 1.165) is 5.56 Å². The van der Waals surface area contributed by atoms with Gasteiger partial charge in [-0.2, -0.15) is 0 Å². The second-order valence-electron chi connectivity index (χ2n) is 5.46. The molecule has 3 N–H and O–H groups in total. The minimum atomic E-state index is -1.20. The van der Waals surface area contributed by atoms with E-state index >= 15 is 0 Å². The summed E-state index contributed by atoms with van der Waals surface area (Å²) < 4.78 is 22.1. The molecule has 0 aliphatic carbocycles. The Morgan fingerprint density at radius 3 is 2.59 bits per heavy atom. The second-order valence-corrected chi connectivity index (χ2v) is 5.46. The normalized spacial score (nSPS) is 37.0. The monoisotopic (exact) mass is 312 g/mol. The summed E-state index contributed by atoms with van der Waals surface area (Å²) in [6.45, 7) is -0.409. The Balaban J connectivity index is 1.99. The predicted octanol–water partition coefficient (Wildman–Crippen LogP) is -0.170. The van der Waals surface area contributed by atoms with Crippen LogP contribution < -0.4 is 9.47 Å². The number of hydrogen-bond donors (Lipinski definition) is 3. The van der Waals surface area contributed by atoms with Gasteiger partial charge in [-0.15, -0.1) is 0 Å². The molecule has 2 heterocycles. The molecule has 0 unspecified atom stereocenters. The quantitative estimate of drug-likeness (QED) is 0.713. The molecule has 0 spiro atoms. The zero-order chi connectivity index (χ0) is 15.9. The molecule has 2 aliphatic rings. The highest BCUT2D eigenvalue weighted by atomic mass is 16.7. The van der Waals surface area contributed by atoms with Crippen LogP contribution in [-0.4, -0.2) is 60.7 Å². The summed E-state index contributed by atoms with van der Waals surface area (Å²) in [5.74, 6) is 0.568. The molecule has 7 nitrogen and oxygen atoms in total. The van der Waals surface area contributed by atoms with Gasteiger partial charge in [0.15, 0.2) is 0 Å². The highest BCUT2D eigenvalue weighted by Crippen LogP contribution is 2.46. The largest absolute Gasteiger partial charge is 0.497 e. The average molecular weight is 312 g/mol. The van der Waals surface area contributed by atoms with E-state index < -0.39 is 43.2 Å². The van der Waals surface area contributed by atoms with Crippen LogP contribution in [0.5, 0.6) is 11.5 Å². The first kappa shape index (κ1) is 15.5. The van der Waals surface area contributed by atoms with E-state index in [-0.39, 0.29) is 0 Å². The van der Waals surface area contributed by atoms with Crippen LogP contribution in [0.3, 0.4) is 0 Å². The van der Waals surface area contributed by atoms with Crippen molar-refractivity contribution >= 4 is 0 Å². The van der Waals surface area contributed by atoms with Crippen molar-refractivity contribution in [2.45, 2.75) is 30.7 Å². The van der Waals surface area contributed by atoms with Gasteiger partial charge in [-0.25, -0.2) is 0 Å². The molecule has 1 aromatic rings. The first-order valence-corrected chi connectivity index (χ1v) is 7.10. The molecule has 0 amide bonds. The number of benzene rings is 1. The van der Waals surface area contributed by atoms with Crippen molar-refractivity contribution in [2.75, 3.05) is 20.8 Å². The molecule has 3 rings (SSSR count). The van der Waals surface area contributed by atoms with Crippen molar-refractivity contribution in [3.8, 4) is 11.5 Å². The smallest absolute Gasteiger partial charge is 0.208 e. The van der Waals surface area contributed by atoms with Crippen LogP contribution in [0.2, 0.25) is 0 Å². The van der Waals surface area contributed by atoms with E-state index in [4.69, 9.17) is 18.9 Å². The molecular weight excluding hydrogens is 292 g/mol. The Labute approximate surface area is 128 Å². The first-order valence-electron chi connectivity index (χ1n) is 7.10. The van der Waals surface area contributed by atoms with Crippen LogP contribution in [0, 0.1) is 5.92 Å². The van der Waals surface area contributed by atoms with E-state index in [0.29, 0.717) is 11.5 Å². The minimum Gasteiger partial charge on any atom is -0.497 e. The molecular formula is C15H20O7. The third-order valence-electron chi connectivity index (χ3n) is 4.30. The van der Waals surface area contributed by atoms with E-state index in [9.17, 15) is 15.3 Å². The Bertz CT molecular complexity index is 535. The Morgan fingerprint density at radius 1 is 1.18 bits per heavy atom. The highest BCUT2D eigenvalue weighted by Gasteiger charge is 2.52. The van der Waals surface area contributed by atoms with Crippen LogP contribution in [0.15, 0.2) is 18.2 Å². The summed E-state index contributed by atoms with van der Waals surface area (Å²) in [6.07, 6.45) is -4.55. The van der Waals surface area contributed by atoms with Crippen molar-refractivity contribution in [1.29, 1.82) is 0 Å². The van der Waals surface area contributed by atoms with Gasteiger partial charge in [0.05, 0.1) is 31.8 Å². The van der Waals surface area contributed by atoms with Gasteiger partial charge < -0.3 is 34.3 Å². The maximum atomic E-state index is 10.4. The third kappa shape index (κ3) is 2.35. The lowest BCUT2D eigenvalue weighted by Crippen LogP contribution is -2.60. The van der Waals surface area contributed by atoms with Crippen molar-refractivity contribution < 1.29 is 34.3 Å². The zero-order valence-corrected chi connectivity index (χ0v) is 12.4.